The lowest BCUT2D eigenvalue weighted by Crippen LogP contribution is -2.43. The molecule has 1 fully saturated rings. The van der Waals surface area contributed by atoms with Crippen molar-refractivity contribution in [2.75, 3.05) is 12.4 Å². The van der Waals surface area contributed by atoms with Crippen molar-refractivity contribution >= 4 is 17.7 Å². The summed E-state index contributed by atoms with van der Waals surface area (Å²) in [7, 11) is 0. The molecule has 0 amide bonds. The minimum absolute atomic E-state index is 0.0122. The maximum Gasteiger partial charge on any atom is 0.322 e. The van der Waals surface area contributed by atoms with Crippen LogP contribution < -0.4 is 0 Å². The average molecular weight is 471 g/mol. The Bertz CT molecular complexity index is 663. The predicted molar refractivity (Wildman–Crippen MR) is 148 cm³/mol. The summed E-state index contributed by atoms with van der Waals surface area (Å²) in [5.41, 5.74) is 0. The second-order valence-electron chi connectivity index (χ2n) is 8.33. The number of allylic oxidation sites excluding steroid dienone is 12. The molecular weight excluding hydrogens is 424 g/mol. The van der Waals surface area contributed by atoms with E-state index >= 15 is 0 Å². The highest BCUT2D eigenvalue weighted by Crippen LogP contribution is 2.45. The molecule has 3 heteroatoms. The average Bonchev–Trinajstić information content (AvgIpc) is 2.78. The molecule has 0 radical (unpaired) electrons. The van der Waals surface area contributed by atoms with Crippen molar-refractivity contribution < 1.29 is 9.53 Å². The molecule has 0 N–H and O–H groups in total. The molecule has 0 aromatic heterocycles. The first-order valence-corrected chi connectivity index (χ1v) is 13.9. The molecule has 0 heterocycles. The molecule has 1 aliphatic carbocycles. The van der Waals surface area contributed by atoms with E-state index in [0.29, 0.717) is 6.61 Å². The van der Waals surface area contributed by atoms with E-state index in [1.54, 1.807) is 0 Å². The Hall–Kier alpha value is -1.74. The number of unbranched alkanes of at least 4 members (excludes halogenated alkanes) is 2. The summed E-state index contributed by atoms with van der Waals surface area (Å²) in [6.07, 6.45) is 39.6. The molecule has 184 valence electrons. The molecular formula is C30H46O2S. The fourth-order valence-corrected chi connectivity index (χ4v) is 4.93. The first-order chi connectivity index (χ1) is 16.2. The first kappa shape index (κ1) is 29.3. The quantitative estimate of drug-likeness (QED) is 0.107. The zero-order chi connectivity index (χ0) is 23.9. The lowest BCUT2D eigenvalue weighted by atomic mass is 9.84. The molecule has 2 nitrogen and oxygen atoms in total. The Morgan fingerprint density at radius 3 is 1.64 bits per heavy atom. The third-order valence-electron chi connectivity index (χ3n) is 5.55. The third kappa shape index (κ3) is 14.9. The minimum Gasteiger partial charge on any atom is -0.465 e. The Labute approximate surface area is 208 Å². The molecule has 0 aromatic rings. The standard InChI is InChI=1S/C30H46O2S/c1-3-5-6-7-8-9-10-11-12-13-14-15-16-17-18-19-20-21-22-23-24-28-33-30(26-25-27-30)29(31)32-4-2/h5-6,8-9,11-12,14-15,17-18,20-21H,3-4,7,10,13,16,19,22-28H2,1-2H3/b6-5-,9-8-,12-11-,15-14-,18-17-,21-20-. The summed E-state index contributed by atoms with van der Waals surface area (Å²) in [6, 6.07) is 0. The van der Waals surface area contributed by atoms with Crippen molar-refractivity contribution in [2.45, 2.75) is 95.6 Å². The summed E-state index contributed by atoms with van der Waals surface area (Å²) >= 11 is 1.82. The lowest BCUT2D eigenvalue weighted by molar-refractivity contribution is -0.148. The van der Waals surface area contributed by atoms with Gasteiger partial charge < -0.3 is 4.74 Å². The van der Waals surface area contributed by atoms with E-state index in [1.165, 1.54) is 6.42 Å². The molecule has 0 aromatic carbocycles. The summed E-state index contributed by atoms with van der Waals surface area (Å²) < 4.78 is 5.04. The molecule has 1 saturated carbocycles. The van der Waals surface area contributed by atoms with Gasteiger partial charge in [-0.25, -0.2) is 0 Å². The van der Waals surface area contributed by atoms with Gasteiger partial charge >= 0.3 is 5.97 Å². The molecule has 0 bridgehead atoms. The second-order valence-corrected chi connectivity index (χ2v) is 9.81. The van der Waals surface area contributed by atoms with Crippen LogP contribution in [0.25, 0.3) is 0 Å². The van der Waals surface area contributed by atoms with Gasteiger partial charge in [-0.3, -0.25) is 4.79 Å². The van der Waals surface area contributed by atoms with Crippen LogP contribution in [0, 0.1) is 0 Å². The molecule has 0 aliphatic heterocycles. The van der Waals surface area contributed by atoms with Gasteiger partial charge in [-0.1, -0.05) is 79.8 Å². The maximum atomic E-state index is 12.1. The van der Waals surface area contributed by atoms with Crippen molar-refractivity contribution in [3.63, 3.8) is 0 Å². The monoisotopic (exact) mass is 470 g/mol. The SMILES string of the molecule is CC/C=C\C/C=C\C/C=C\C/C=C\C/C=C\C/C=C\CCCCSC1(C(=O)OCC)CCC1. The van der Waals surface area contributed by atoms with Crippen molar-refractivity contribution in [1.29, 1.82) is 0 Å². The Kier molecular flexibility index (Phi) is 18.5. The highest BCUT2D eigenvalue weighted by atomic mass is 32.2. The van der Waals surface area contributed by atoms with Crippen molar-refractivity contribution in [2.24, 2.45) is 0 Å². The van der Waals surface area contributed by atoms with Crippen LogP contribution in [0.3, 0.4) is 0 Å². The number of thioether (sulfide) groups is 1. The Balaban J connectivity index is 1.95. The minimum atomic E-state index is -0.218. The van der Waals surface area contributed by atoms with Crippen molar-refractivity contribution in [1.82, 2.24) is 0 Å². The number of carbonyl (C=O) groups is 1. The van der Waals surface area contributed by atoms with E-state index < -0.39 is 0 Å². The summed E-state index contributed by atoms with van der Waals surface area (Å²) in [5, 5.41) is 0. The molecule has 1 rings (SSSR count). The van der Waals surface area contributed by atoms with Gasteiger partial charge in [0.15, 0.2) is 0 Å². The van der Waals surface area contributed by atoms with Crippen LogP contribution in [0.5, 0.6) is 0 Å². The van der Waals surface area contributed by atoms with Crippen molar-refractivity contribution in [3.05, 3.63) is 72.9 Å². The van der Waals surface area contributed by atoms with Gasteiger partial charge in [0, 0.05) is 0 Å². The van der Waals surface area contributed by atoms with Crippen molar-refractivity contribution in [3.8, 4) is 0 Å². The van der Waals surface area contributed by atoms with Crippen LogP contribution in [-0.4, -0.2) is 23.1 Å². The normalized spacial score (nSPS) is 16.3. The van der Waals surface area contributed by atoms with Gasteiger partial charge in [0.25, 0.3) is 0 Å². The zero-order valence-corrected chi connectivity index (χ0v) is 21.9. The van der Waals surface area contributed by atoms with Gasteiger partial charge in [-0.15, -0.1) is 11.8 Å². The van der Waals surface area contributed by atoms with Gasteiger partial charge in [0.2, 0.25) is 0 Å². The highest BCUT2D eigenvalue weighted by molar-refractivity contribution is 8.01. The molecule has 0 spiro atoms. The summed E-state index contributed by atoms with van der Waals surface area (Å²) in [4.78, 5) is 12.1. The fraction of sp³-hybridized carbons (Fsp3) is 0.567. The first-order valence-electron chi connectivity index (χ1n) is 13.0. The second kappa shape index (κ2) is 20.8. The summed E-state index contributed by atoms with van der Waals surface area (Å²) in [6.45, 7) is 4.54. The van der Waals surface area contributed by atoms with Crippen LogP contribution in [0.15, 0.2) is 72.9 Å². The molecule has 1 aliphatic rings. The number of hydrogen-bond acceptors (Lipinski definition) is 3. The number of carbonyl (C=O) groups excluding carboxylic acids is 1. The topological polar surface area (TPSA) is 26.3 Å². The van der Waals surface area contributed by atoms with Crippen LogP contribution >= 0.6 is 11.8 Å². The number of ether oxygens (including phenoxy) is 1. The number of esters is 1. The Morgan fingerprint density at radius 1 is 0.727 bits per heavy atom. The van der Waals surface area contributed by atoms with Gasteiger partial charge in [0.1, 0.15) is 4.75 Å². The molecule has 33 heavy (non-hydrogen) atoms. The van der Waals surface area contributed by atoms with Crippen LogP contribution in [0.4, 0.5) is 0 Å². The van der Waals surface area contributed by atoms with E-state index in [9.17, 15) is 4.79 Å². The smallest absolute Gasteiger partial charge is 0.322 e. The number of hydrogen-bond donors (Lipinski definition) is 0. The van der Waals surface area contributed by atoms with E-state index in [1.807, 2.05) is 18.7 Å². The van der Waals surface area contributed by atoms with E-state index in [0.717, 1.165) is 76.4 Å². The molecule has 0 saturated heterocycles. The van der Waals surface area contributed by atoms with E-state index in [2.05, 4.69) is 79.8 Å². The van der Waals surface area contributed by atoms with Crippen LogP contribution in [0.2, 0.25) is 0 Å². The highest BCUT2D eigenvalue weighted by Gasteiger charge is 2.45. The Morgan fingerprint density at radius 2 is 1.21 bits per heavy atom. The predicted octanol–water partition coefficient (Wildman–Crippen LogP) is 9.07. The maximum absolute atomic E-state index is 12.1. The van der Waals surface area contributed by atoms with Crippen LogP contribution in [0.1, 0.15) is 90.9 Å². The van der Waals surface area contributed by atoms with Gasteiger partial charge in [-0.2, -0.15) is 0 Å². The fourth-order valence-electron chi connectivity index (χ4n) is 3.44. The van der Waals surface area contributed by atoms with Gasteiger partial charge in [-0.05, 0) is 89.7 Å². The number of rotatable bonds is 19. The molecule has 0 unspecified atom stereocenters. The zero-order valence-electron chi connectivity index (χ0n) is 21.1. The van der Waals surface area contributed by atoms with Gasteiger partial charge in [0.05, 0.1) is 6.61 Å². The third-order valence-corrected chi connectivity index (χ3v) is 7.17. The van der Waals surface area contributed by atoms with E-state index in [4.69, 9.17) is 4.74 Å². The van der Waals surface area contributed by atoms with E-state index in [-0.39, 0.29) is 10.7 Å². The summed E-state index contributed by atoms with van der Waals surface area (Å²) in [5.74, 6) is 1.07. The lowest BCUT2D eigenvalue weighted by Gasteiger charge is -2.38. The van der Waals surface area contributed by atoms with Crippen LogP contribution in [-0.2, 0) is 9.53 Å². The molecule has 0 atom stereocenters. The largest absolute Gasteiger partial charge is 0.465 e.